The predicted molar refractivity (Wildman–Crippen MR) is 146 cm³/mol. The van der Waals surface area contributed by atoms with Gasteiger partial charge in [-0.15, -0.1) is 0 Å². The molecule has 0 aliphatic heterocycles. The topological polar surface area (TPSA) is 75.4 Å². The lowest BCUT2D eigenvalue weighted by atomic mass is 9.97. The van der Waals surface area contributed by atoms with Crippen molar-refractivity contribution in [2.75, 3.05) is 11.9 Å². The summed E-state index contributed by atoms with van der Waals surface area (Å²) in [7, 11) is 0. The Balaban J connectivity index is 0.00000304. The number of benzene rings is 4. The molecule has 0 bridgehead atoms. The summed E-state index contributed by atoms with van der Waals surface area (Å²) in [6.45, 7) is 1.80. The third-order valence-electron chi connectivity index (χ3n) is 5.85. The van der Waals surface area contributed by atoms with E-state index >= 15 is 0 Å². The van der Waals surface area contributed by atoms with Gasteiger partial charge in [0, 0.05) is 22.4 Å². The molecule has 0 saturated carbocycles. The van der Waals surface area contributed by atoms with Crippen LogP contribution < -0.4 is 5.32 Å². The van der Waals surface area contributed by atoms with Crippen LogP contribution in [-0.2, 0) is 4.79 Å². The average molecular weight is 477 g/mol. The van der Waals surface area contributed by atoms with Gasteiger partial charge >= 0.3 is 5.97 Å². The molecule has 1 heterocycles. The Morgan fingerprint density at radius 2 is 1.42 bits per heavy atom. The maximum Gasteiger partial charge on any atom is 0.322 e. The van der Waals surface area contributed by atoms with Gasteiger partial charge in [-0.1, -0.05) is 98.4 Å². The number of oxazole rings is 1. The van der Waals surface area contributed by atoms with E-state index in [2.05, 4.69) is 5.32 Å². The number of nitrogens with one attached hydrogen (secondary N) is 1. The van der Waals surface area contributed by atoms with Gasteiger partial charge in [-0.2, -0.15) is 0 Å². The SMILES string of the molecule is C.Cc1ccc(-c2ccccc2-c2nc(-c3ccccc3)c(-c3ccccc3)o2)cc1NCC(=O)O. The lowest BCUT2D eigenvalue weighted by Gasteiger charge is -2.12. The van der Waals surface area contributed by atoms with Crippen molar-refractivity contribution in [2.45, 2.75) is 14.4 Å². The van der Waals surface area contributed by atoms with Crippen molar-refractivity contribution in [3.05, 3.63) is 109 Å². The van der Waals surface area contributed by atoms with E-state index in [4.69, 9.17) is 14.5 Å². The molecule has 180 valence electrons. The molecule has 0 fully saturated rings. The van der Waals surface area contributed by atoms with Crippen LogP contribution >= 0.6 is 0 Å². The third kappa shape index (κ3) is 5.05. The van der Waals surface area contributed by atoms with Crippen molar-refractivity contribution in [2.24, 2.45) is 0 Å². The number of anilines is 1. The summed E-state index contributed by atoms with van der Waals surface area (Å²) in [5.74, 6) is 0.338. The Kier molecular flexibility index (Phi) is 7.31. The minimum absolute atomic E-state index is 0. The van der Waals surface area contributed by atoms with Crippen LogP contribution in [0.1, 0.15) is 13.0 Å². The molecule has 0 saturated heterocycles. The minimum atomic E-state index is -0.906. The second kappa shape index (κ2) is 10.7. The highest BCUT2D eigenvalue weighted by Gasteiger charge is 2.20. The summed E-state index contributed by atoms with van der Waals surface area (Å²) in [6.07, 6.45) is 0. The average Bonchev–Trinajstić information content (AvgIpc) is 3.35. The van der Waals surface area contributed by atoms with E-state index in [0.29, 0.717) is 11.7 Å². The van der Waals surface area contributed by atoms with Crippen LogP contribution in [0.15, 0.2) is 108 Å². The maximum atomic E-state index is 11.1. The molecule has 5 heteroatoms. The van der Waals surface area contributed by atoms with E-state index in [1.165, 1.54) is 0 Å². The fourth-order valence-corrected chi connectivity index (χ4v) is 4.08. The largest absolute Gasteiger partial charge is 0.480 e. The molecule has 2 N–H and O–H groups in total. The highest BCUT2D eigenvalue weighted by Crippen LogP contribution is 2.39. The summed E-state index contributed by atoms with van der Waals surface area (Å²) in [6, 6.07) is 33.9. The number of hydrogen-bond acceptors (Lipinski definition) is 4. The van der Waals surface area contributed by atoms with Crippen LogP contribution in [0.2, 0.25) is 0 Å². The van der Waals surface area contributed by atoms with Crippen LogP contribution in [0.25, 0.3) is 45.2 Å². The van der Waals surface area contributed by atoms with E-state index in [1.807, 2.05) is 110 Å². The molecule has 0 unspecified atom stereocenters. The molecule has 5 aromatic rings. The van der Waals surface area contributed by atoms with Crippen molar-refractivity contribution < 1.29 is 14.3 Å². The molecule has 1 aromatic heterocycles. The van der Waals surface area contributed by atoms with Gasteiger partial charge < -0.3 is 14.8 Å². The molecular weight excluding hydrogens is 448 g/mol. The zero-order valence-corrected chi connectivity index (χ0v) is 19.2. The van der Waals surface area contributed by atoms with Crippen LogP contribution in [0, 0.1) is 6.92 Å². The van der Waals surface area contributed by atoms with E-state index < -0.39 is 5.97 Å². The summed E-state index contributed by atoms with van der Waals surface area (Å²) in [4.78, 5) is 16.0. The van der Waals surface area contributed by atoms with E-state index in [1.54, 1.807) is 0 Å². The Morgan fingerprint density at radius 1 is 0.806 bits per heavy atom. The van der Waals surface area contributed by atoms with Crippen LogP contribution in [0.5, 0.6) is 0 Å². The van der Waals surface area contributed by atoms with Crippen LogP contribution in [0.4, 0.5) is 5.69 Å². The van der Waals surface area contributed by atoms with Gasteiger partial charge in [0.25, 0.3) is 0 Å². The molecule has 0 aliphatic rings. The Bertz CT molecular complexity index is 1420. The number of aromatic nitrogens is 1. The smallest absolute Gasteiger partial charge is 0.322 e. The first-order valence-corrected chi connectivity index (χ1v) is 11.4. The molecule has 0 amide bonds. The molecular formula is C31H28N2O3. The van der Waals surface area contributed by atoms with Gasteiger partial charge in [0.05, 0.1) is 0 Å². The number of aliphatic carboxylic acids is 1. The Hall–Kier alpha value is -4.64. The molecule has 5 nitrogen and oxygen atoms in total. The normalized spacial score (nSPS) is 10.5. The van der Waals surface area contributed by atoms with Crippen molar-refractivity contribution in [1.82, 2.24) is 4.98 Å². The standard InChI is InChI=1S/C30H24N2O3.CH4/c1-20-16-17-23(18-26(20)31-19-27(33)34)24-14-8-9-15-25(24)30-32-28(21-10-4-2-5-11-21)29(35-30)22-12-6-3-7-13-22;/h2-18,31H,19H2,1H3,(H,33,34);1H4. The zero-order chi connectivity index (χ0) is 24.2. The molecule has 4 aromatic carbocycles. The van der Waals surface area contributed by atoms with Crippen molar-refractivity contribution in [3.63, 3.8) is 0 Å². The van der Waals surface area contributed by atoms with Gasteiger partial charge in [0.1, 0.15) is 12.2 Å². The third-order valence-corrected chi connectivity index (χ3v) is 5.85. The second-order valence-electron chi connectivity index (χ2n) is 8.25. The molecule has 0 atom stereocenters. The van der Waals surface area contributed by atoms with Crippen molar-refractivity contribution >= 4 is 11.7 Å². The lowest BCUT2D eigenvalue weighted by Crippen LogP contribution is -2.13. The van der Waals surface area contributed by atoms with E-state index in [0.717, 1.165) is 44.8 Å². The molecule has 0 aliphatic carbocycles. The summed E-state index contributed by atoms with van der Waals surface area (Å²) in [5, 5.41) is 12.1. The number of rotatable bonds is 7. The molecule has 0 radical (unpaired) electrons. The fraction of sp³-hybridized carbons (Fsp3) is 0.0968. The second-order valence-corrected chi connectivity index (χ2v) is 8.25. The summed E-state index contributed by atoms with van der Waals surface area (Å²) in [5.41, 5.74) is 7.23. The number of carboxylic acid groups (broad SMARTS) is 1. The highest BCUT2D eigenvalue weighted by atomic mass is 16.4. The van der Waals surface area contributed by atoms with E-state index in [9.17, 15) is 4.79 Å². The van der Waals surface area contributed by atoms with Crippen LogP contribution in [0.3, 0.4) is 0 Å². The molecule has 0 spiro atoms. The number of hydrogen-bond donors (Lipinski definition) is 2. The van der Waals surface area contributed by atoms with Gasteiger partial charge in [-0.05, 0) is 35.7 Å². The van der Waals surface area contributed by atoms with Gasteiger partial charge in [0.2, 0.25) is 5.89 Å². The first-order valence-electron chi connectivity index (χ1n) is 11.4. The number of nitrogens with zero attached hydrogens (tertiary/aromatic N) is 1. The number of carbonyl (C=O) groups is 1. The predicted octanol–water partition coefficient (Wildman–Crippen LogP) is 7.78. The number of aryl methyl sites for hydroxylation is 1. The molecule has 5 rings (SSSR count). The fourth-order valence-electron chi connectivity index (χ4n) is 4.08. The van der Waals surface area contributed by atoms with Crippen LogP contribution in [-0.4, -0.2) is 22.6 Å². The minimum Gasteiger partial charge on any atom is -0.480 e. The van der Waals surface area contributed by atoms with E-state index in [-0.39, 0.29) is 14.0 Å². The van der Waals surface area contributed by atoms with Gasteiger partial charge in [-0.25, -0.2) is 4.98 Å². The van der Waals surface area contributed by atoms with Crippen molar-refractivity contribution in [1.29, 1.82) is 0 Å². The van der Waals surface area contributed by atoms with Gasteiger partial charge in [-0.3, -0.25) is 4.79 Å². The lowest BCUT2D eigenvalue weighted by molar-refractivity contribution is -0.134. The summed E-state index contributed by atoms with van der Waals surface area (Å²) < 4.78 is 6.43. The highest BCUT2D eigenvalue weighted by molar-refractivity contribution is 5.85. The molecule has 36 heavy (non-hydrogen) atoms. The first-order chi connectivity index (χ1) is 17.1. The Labute approximate surface area is 211 Å². The quantitative estimate of drug-likeness (QED) is 0.251. The van der Waals surface area contributed by atoms with Crippen molar-refractivity contribution in [3.8, 4) is 45.2 Å². The summed E-state index contributed by atoms with van der Waals surface area (Å²) >= 11 is 0. The first kappa shape index (κ1) is 24.5. The zero-order valence-electron chi connectivity index (χ0n) is 19.2. The Morgan fingerprint density at radius 3 is 2.08 bits per heavy atom. The van der Waals surface area contributed by atoms with Gasteiger partial charge in [0.15, 0.2) is 5.76 Å². The number of carboxylic acids is 1. The monoisotopic (exact) mass is 476 g/mol. The maximum absolute atomic E-state index is 11.1.